The highest BCUT2D eigenvalue weighted by atomic mass is 16.3. The van der Waals surface area contributed by atoms with Crippen LogP contribution in [0, 0.1) is 0 Å². The first-order valence-corrected chi connectivity index (χ1v) is 6.42. The number of aliphatic hydroxyl groups is 1. The number of fused-ring (bicyclic) bond motifs is 3. The number of aromatic nitrogens is 3. The lowest BCUT2D eigenvalue weighted by Gasteiger charge is -2.08. The maximum atomic E-state index is 12.1. The standard InChI is InChI=1S/C13H10N6O3/c14-17-16-13(22)12-11-5-9(21)4-8-2-1-7(6-20)3-10(8)19(11)18-15-12/h1-3,20H,4-6H2. The Kier molecular flexibility index (Phi) is 3.42. The van der Waals surface area contributed by atoms with Crippen molar-refractivity contribution in [3.8, 4) is 5.69 Å². The molecule has 1 aliphatic rings. The average Bonchev–Trinajstić information content (AvgIpc) is 2.85. The van der Waals surface area contributed by atoms with Crippen LogP contribution in [0.25, 0.3) is 16.1 Å². The molecule has 0 aliphatic carbocycles. The third kappa shape index (κ3) is 2.24. The van der Waals surface area contributed by atoms with Crippen molar-refractivity contribution in [2.75, 3.05) is 0 Å². The normalized spacial score (nSPS) is 12.9. The van der Waals surface area contributed by atoms with Crippen molar-refractivity contribution in [2.45, 2.75) is 19.4 Å². The number of benzene rings is 1. The first kappa shape index (κ1) is 13.9. The minimum absolute atomic E-state index is 0.0296. The molecule has 1 N–H and O–H groups in total. The fraction of sp³-hybridized carbons (Fsp3) is 0.231. The summed E-state index contributed by atoms with van der Waals surface area (Å²) in [6.45, 7) is -0.157. The minimum atomic E-state index is -0.877. The van der Waals surface area contributed by atoms with E-state index < -0.39 is 5.91 Å². The molecule has 110 valence electrons. The minimum Gasteiger partial charge on any atom is -0.392 e. The topological polar surface area (TPSA) is 134 Å². The molecule has 0 spiro atoms. The Morgan fingerprint density at radius 1 is 1.45 bits per heavy atom. The highest BCUT2D eigenvalue weighted by molar-refractivity contribution is 5.96. The molecule has 2 heterocycles. The number of amides is 1. The van der Waals surface area contributed by atoms with E-state index in [-0.39, 0.29) is 36.6 Å². The predicted molar refractivity (Wildman–Crippen MR) is 73.2 cm³/mol. The molecule has 0 fully saturated rings. The maximum Gasteiger partial charge on any atom is 0.271 e. The second-order valence-corrected chi connectivity index (χ2v) is 4.80. The van der Waals surface area contributed by atoms with Crippen LogP contribution in [0.3, 0.4) is 0 Å². The van der Waals surface area contributed by atoms with Crippen LogP contribution in [-0.2, 0) is 24.2 Å². The van der Waals surface area contributed by atoms with E-state index in [2.05, 4.69) is 20.3 Å². The van der Waals surface area contributed by atoms with Crippen molar-refractivity contribution >= 4 is 11.7 Å². The van der Waals surface area contributed by atoms with Gasteiger partial charge in [0, 0.05) is 11.3 Å². The Morgan fingerprint density at radius 3 is 3.00 bits per heavy atom. The highest BCUT2D eigenvalue weighted by Gasteiger charge is 2.26. The first-order chi connectivity index (χ1) is 10.6. The Bertz CT molecular complexity index is 834. The fourth-order valence-electron chi connectivity index (χ4n) is 2.42. The summed E-state index contributed by atoms with van der Waals surface area (Å²) in [4.78, 5) is 26.2. The third-order valence-electron chi connectivity index (χ3n) is 3.41. The van der Waals surface area contributed by atoms with Gasteiger partial charge < -0.3 is 5.11 Å². The van der Waals surface area contributed by atoms with Crippen LogP contribution in [-0.4, -0.2) is 31.8 Å². The van der Waals surface area contributed by atoms with Crippen LogP contribution < -0.4 is 0 Å². The van der Waals surface area contributed by atoms with Gasteiger partial charge in [-0.2, -0.15) is 0 Å². The van der Waals surface area contributed by atoms with Gasteiger partial charge in [-0.3, -0.25) is 9.59 Å². The molecule has 0 saturated heterocycles. The van der Waals surface area contributed by atoms with E-state index in [0.29, 0.717) is 11.3 Å². The Balaban J connectivity index is 2.22. The van der Waals surface area contributed by atoms with Gasteiger partial charge in [0.15, 0.2) is 5.69 Å². The highest BCUT2D eigenvalue weighted by Crippen LogP contribution is 2.24. The lowest BCUT2D eigenvalue weighted by atomic mass is 10.0. The van der Waals surface area contributed by atoms with E-state index in [9.17, 15) is 14.7 Å². The molecule has 1 aliphatic heterocycles. The van der Waals surface area contributed by atoms with Crippen LogP contribution >= 0.6 is 0 Å². The monoisotopic (exact) mass is 298 g/mol. The van der Waals surface area contributed by atoms with Crippen LogP contribution in [0.2, 0.25) is 0 Å². The largest absolute Gasteiger partial charge is 0.392 e. The van der Waals surface area contributed by atoms with E-state index in [1.807, 2.05) is 0 Å². The van der Waals surface area contributed by atoms with Gasteiger partial charge in [-0.25, -0.2) is 4.68 Å². The van der Waals surface area contributed by atoms with E-state index in [4.69, 9.17) is 5.53 Å². The number of carbonyl (C=O) groups is 2. The number of hydrogen-bond donors (Lipinski definition) is 1. The molecule has 0 atom stereocenters. The lowest BCUT2D eigenvalue weighted by molar-refractivity contribution is -0.117. The average molecular weight is 298 g/mol. The number of carbonyl (C=O) groups excluding carboxylic acids is 2. The number of ketones is 1. The molecule has 0 unspecified atom stereocenters. The molecular formula is C13H10N6O3. The van der Waals surface area contributed by atoms with Crippen molar-refractivity contribution < 1.29 is 14.7 Å². The van der Waals surface area contributed by atoms with E-state index in [0.717, 1.165) is 5.56 Å². The summed E-state index contributed by atoms with van der Waals surface area (Å²) in [6, 6.07) is 5.15. The van der Waals surface area contributed by atoms with Gasteiger partial charge in [0.1, 0.15) is 5.78 Å². The number of Topliss-reactive ketones (excluding diaryl/α,β-unsaturated/α-hetero) is 1. The van der Waals surface area contributed by atoms with Crippen molar-refractivity contribution in [3.63, 3.8) is 0 Å². The summed E-state index contributed by atoms with van der Waals surface area (Å²) in [5.74, 6) is -0.979. The zero-order chi connectivity index (χ0) is 15.7. The zero-order valence-electron chi connectivity index (χ0n) is 11.3. The Labute approximate surface area is 123 Å². The van der Waals surface area contributed by atoms with Crippen molar-refractivity contribution in [3.05, 3.63) is 51.2 Å². The second kappa shape index (κ2) is 5.40. The molecule has 3 rings (SSSR count). The number of aliphatic hydroxyl groups excluding tert-OH is 1. The summed E-state index contributed by atoms with van der Waals surface area (Å²) in [7, 11) is 0. The van der Waals surface area contributed by atoms with Gasteiger partial charge in [0.05, 0.1) is 24.4 Å². The molecule has 9 heteroatoms. The quantitative estimate of drug-likeness (QED) is 0.499. The molecule has 22 heavy (non-hydrogen) atoms. The molecule has 2 aromatic rings. The van der Waals surface area contributed by atoms with Crippen LogP contribution in [0.1, 0.15) is 27.3 Å². The SMILES string of the molecule is [N-]=[N+]=NC(=O)c1nnn2c1CC(=O)Cc1ccc(CO)cc1-2. The lowest BCUT2D eigenvalue weighted by Crippen LogP contribution is -2.09. The van der Waals surface area contributed by atoms with Gasteiger partial charge in [0.2, 0.25) is 0 Å². The molecule has 0 saturated carbocycles. The van der Waals surface area contributed by atoms with E-state index in [1.54, 1.807) is 18.2 Å². The summed E-state index contributed by atoms with van der Waals surface area (Å²) in [6.07, 6.45) is 0.164. The Morgan fingerprint density at radius 2 is 2.27 bits per heavy atom. The molecule has 0 bridgehead atoms. The van der Waals surface area contributed by atoms with Gasteiger partial charge in [-0.15, -0.1) is 5.10 Å². The van der Waals surface area contributed by atoms with E-state index in [1.165, 1.54) is 4.68 Å². The van der Waals surface area contributed by atoms with Crippen LogP contribution in [0.15, 0.2) is 23.3 Å². The fourth-order valence-corrected chi connectivity index (χ4v) is 2.42. The van der Waals surface area contributed by atoms with Crippen molar-refractivity contribution in [1.82, 2.24) is 15.0 Å². The number of rotatable bonds is 2. The number of nitrogens with zero attached hydrogens (tertiary/aromatic N) is 6. The Hall–Kier alpha value is -3.03. The third-order valence-corrected chi connectivity index (χ3v) is 3.41. The molecule has 1 aromatic carbocycles. The molecule has 0 radical (unpaired) electrons. The summed E-state index contributed by atoms with van der Waals surface area (Å²) >= 11 is 0. The maximum absolute atomic E-state index is 12.1. The van der Waals surface area contributed by atoms with Crippen molar-refractivity contribution in [1.29, 1.82) is 0 Å². The second-order valence-electron chi connectivity index (χ2n) is 4.80. The van der Waals surface area contributed by atoms with Crippen molar-refractivity contribution in [2.24, 2.45) is 5.11 Å². The first-order valence-electron chi connectivity index (χ1n) is 6.42. The molecule has 1 amide bonds. The number of azide groups is 1. The summed E-state index contributed by atoms with van der Waals surface area (Å²) in [5.41, 5.74) is 10.5. The van der Waals surface area contributed by atoms with Gasteiger partial charge in [0.25, 0.3) is 5.91 Å². The van der Waals surface area contributed by atoms with Crippen LogP contribution in [0.4, 0.5) is 0 Å². The summed E-state index contributed by atoms with van der Waals surface area (Å²) < 4.78 is 1.39. The molecule has 1 aromatic heterocycles. The molecule has 9 nitrogen and oxygen atoms in total. The smallest absolute Gasteiger partial charge is 0.271 e. The van der Waals surface area contributed by atoms with Crippen LogP contribution in [0.5, 0.6) is 0 Å². The zero-order valence-corrected chi connectivity index (χ0v) is 11.3. The van der Waals surface area contributed by atoms with E-state index >= 15 is 0 Å². The predicted octanol–water partition coefficient (Wildman–Crippen LogP) is 0.878. The van der Waals surface area contributed by atoms with Gasteiger partial charge >= 0.3 is 0 Å². The number of hydrogen-bond acceptors (Lipinski definition) is 5. The molecular weight excluding hydrogens is 288 g/mol. The van der Waals surface area contributed by atoms with Gasteiger partial charge in [-0.1, -0.05) is 17.3 Å². The van der Waals surface area contributed by atoms with Gasteiger partial charge in [-0.05, 0) is 27.8 Å². The summed E-state index contributed by atoms with van der Waals surface area (Å²) in [5, 5.41) is 19.9.